The van der Waals surface area contributed by atoms with Crippen molar-refractivity contribution in [1.29, 1.82) is 0 Å². The number of benzene rings is 1. The van der Waals surface area contributed by atoms with Crippen LogP contribution in [0.4, 0.5) is 0 Å². The topological polar surface area (TPSA) is 80.9 Å². The molecular formula is C15H18N4OS. The first kappa shape index (κ1) is 15.5. The lowest BCUT2D eigenvalue weighted by molar-refractivity contribution is -0.124. The first-order valence-corrected chi connectivity index (χ1v) is 7.61. The average molecular weight is 302 g/mol. The molecule has 0 aliphatic carbocycles. The minimum atomic E-state index is -0.860. The monoisotopic (exact) mass is 302 g/mol. The molecule has 1 atom stereocenters. The minimum absolute atomic E-state index is 0.375. The third kappa shape index (κ3) is 3.59. The number of aromatic nitrogens is 2. The summed E-state index contributed by atoms with van der Waals surface area (Å²) in [7, 11) is 1.76. The summed E-state index contributed by atoms with van der Waals surface area (Å²) in [6.07, 6.45) is 3.79. The standard InChI is InChI=1S/C15H18N4OS/c1-17-15(14(16)20,12-5-3-2-4-6-12)8-10-21-13-7-9-18-11-19-13/h2-7,9,11,17H,8,10H2,1H3,(H2,16,20). The van der Waals surface area contributed by atoms with Crippen molar-refractivity contribution in [2.45, 2.75) is 17.0 Å². The largest absolute Gasteiger partial charge is 0.368 e. The number of carbonyl (C=O) groups is 1. The van der Waals surface area contributed by atoms with Crippen molar-refractivity contribution < 1.29 is 4.79 Å². The molecule has 0 bridgehead atoms. The highest BCUT2D eigenvalue weighted by atomic mass is 32.2. The molecule has 0 aliphatic heterocycles. The molecule has 110 valence electrons. The zero-order chi connectivity index (χ0) is 15.1. The lowest BCUT2D eigenvalue weighted by Crippen LogP contribution is -2.51. The first-order chi connectivity index (χ1) is 10.2. The predicted octanol–water partition coefficient (Wildman–Crippen LogP) is 1.56. The molecule has 21 heavy (non-hydrogen) atoms. The molecule has 0 aliphatic rings. The van der Waals surface area contributed by atoms with Gasteiger partial charge in [0, 0.05) is 11.9 Å². The smallest absolute Gasteiger partial charge is 0.242 e. The molecule has 2 aromatic rings. The Morgan fingerprint density at radius 2 is 2.10 bits per heavy atom. The van der Waals surface area contributed by atoms with Gasteiger partial charge in [0.15, 0.2) is 0 Å². The number of likely N-dealkylation sites (N-methyl/N-ethyl adjacent to an activating group) is 1. The maximum absolute atomic E-state index is 12.0. The Balaban J connectivity index is 2.12. The average Bonchev–Trinajstić information content (AvgIpc) is 2.53. The molecule has 1 aromatic carbocycles. The number of primary amides is 1. The maximum atomic E-state index is 12.0. The van der Waals surface area contributed by atoms with Crippen molar-refractivity contribution >= 4 is 17.7 Å². The second-order valence-electron chi connectivity index (χ2n) is 4.53. The number of thioether (sulfide) groups is 1. The zero-order valence-corrected chi connectivity index (χ0v) is 12.6. The van der Waals surface area contributed by atoms with Crippen LogP contribution in [-0.2, 0) is 10.3 Å². The third-order valence-corrected chi connectivity index (χ3v) is 4.34. The normalized spacial score (nSPS) is 13.6. The van der Waals surface area contributed by atoms with E-state index in [-0.39, 0.29) is 5.91 Å². The van der Waals surface area contributed by atoms with E-state index in [0.29, 0.717) is 6.42 Å². The molecule has 0 saturated heterocycles. The molecule has 1 amide bonds. The van der Waals surface area contributed by atoms with E-state index in [9.17, 15) is 4.79 Å². The maximum Gasteiger partial charge on any atom is 0.242 e. The number of amides is 1. The Morgan fingerprint density at radius 3 is 2.67 bits per heavy atom. The molecule has 1 unspecified atom stereocenters. The Kier molecular flexibility index (Phi) is 5.30. The van der Waals surface area contributed by atoms with Gasteiger partial charge in [0.2, 0.25) is 5.91 Å². The summed E-state index contributed by atoms with van der Waals surface area (Å²) in [6, 6.07) is 11.4. The van der Waals surface area contributed by atoms with Crippen LogP contribution in [0.5, 0.6) is 0 Å². The van der Waals surface area contributed by atoms with Crippen LogP contribution in [0, 0.1) is 0 Å². The van der Waals surface area contributed by atoms with E-state index in [0.717, 1.165) is 16.3 Å². The van der Waals surface area contributed by atoms with Crippen LogP contribution in [0.3, 0.4) is 0 Å². The summed E-state index contributed by atoms with van der Waals surface area (Å²) in [4.78, 5) is 20.1. The molecule has 0 radical (unpaired) electrons. The molecule has 3 N–H and O–H groups in total. The summed E-state index contributed by atoms with van der Waals surface area (Å²) in [6.45, 7) is 0. The van der Waals surface area contributed by atoms with Gasteiger partial charge in [-0.25, -0.2) is 9.97 Å². The Bertz CT molecular complexity index is 579. The quantitative estimate of drug-likeness (QED) is 0.599. The van der Waals surface area contributed by atoms with Gasteiger partial charge in [0.25, 0.3) is 0 Å². The summed E-state index contributed by atoms with van der Waals surface area (Å²) in [5.41, 5.74) is 5.68. The molecule has 0 fully saturated rings. The second-order valence-corrected chi connectivity index (χ2v) is 5.65. The number of nitrogens with zero attached hydrogens (tertiary/aromatic N) is 2. The highest BCUT2D eigenvalue weighted by Gasteiger charge is 2.36. The van der Waals surface area contributed by atoms with E-state index in [4.69, 9.17) is 5.73 Å². The van der Waals surface area contributed by atoms with Crippen LogP contribution >= 0.6 is 11.8 Å². The van der Waals surface area contributed by atoms with Gasteiger partial charge >= 0.3 is 0 Å². The third-order valence-electron chi connectivity index (χ3n) is 3.40. The van der Waals surface area contributed by atoms with E-state index >= 15 is 0 Å². The van der Waals surface area contributed by atoms with E-state index in [1.807, 2.05) is 36.4 Å². The van der Waals surface area contributed by atoms with Crippen LogP contribution in [0.15, 0.2) is 53.9 Å². The molecular weight excluding hydrogens is 284 g/mol. The lowest BCUT2D eigenvalue weighted by atomic mass is 9.86. The lowest BCUT2D eigenvalue weighted by Gasteiger charge is -2.30. The van der Waals surface area contributed by atoms with Gasteiger partial charge in [-0.1, -0.05) is 30.3 Å². The Labute approximate surface area is 128 Å². The molecule has 0 saturated carbocycles. The van der Waals surface area contributed by atoms with Crippen molar-refractivity contribution in [3.63, 3.8) is 0 Å². The van der Waals surface area contributed by atoms with Gasteiger partial charge in [-0.2, -0.15) is 0 Å². The van der Waals surface area contributed by atoms with Crippen molar-refractivity contribution in [2.75, 3.05) is 12.8 Å². The van der Waals surface area contributed by atoms with Gasteiger partial charge in [-0.15, -0.1) is 11.8 Å². The molecule has 5 nitrogen and oxygen atoms in total. The summed E-state index contributed by atoms with van der Waals surface area (Å²) >= 11 is 1.58. The molecule has 1 aromatic heterocycles. The van der Waals surface area contributed by atoms with Crippen molar-refractivity contribution in [1.82, 2.24) is 15.3 Å². The van der Waals surface area contributed by atoms with Crippen LogP contribution in [-0.4, -0.2) is 28.7 Å². The number of nitrogens with one attached hydrogen (secondary N) is 1. The van der Waals surface area contributed by atoms with Gasteiger partial charge in [0.05, 0.1) is 5.03 Å². The van der Waals surface area contributed by atoms with E-state index in [1.54, 1.807) is 25.0 Å². The van der Waals surface area contributed by atoms with Crippen LogP contribution in [0.1, 0.15) is 12.0 Å². The van der Waals surface area contributed by atoms with E-state index < -0.39 is 5.54 Å². The molecule has 6 heteroatoms. The predicted molar refractivity (Wildman–Crippen MR) is 83.7 cm³/mol. The SMILES string of the molecule is CNC(CCSc1ccncn1)(C(N)=O)c1ccccc1. The number of nitrogens with two attached hydrogens (primary N) is 1. The Morgan fingerprint density at radius 1 is 1.33 bits per heavy atom. The van der Waals surface area contributed by atoms with Gasteiger partial charge in [0.1, 0.15) is 11.9 Å². The minimum Gasteiger partial charge on any atom is -0.368 e. The van der Waals surface area contributed by atoms with Crippen molar-refractivity contribution in [2.24, 2.45) is 5.73 Å². The summed E-state index contributed by atoms with van der Waals surface area (Å²) in [5, 5.41) is 3.98. The molecule has 0 spiro atoms. The van der Waals surface area contributed by atoms with Gasteiger partial charge < -0.3 is 11.1 Å². The zero-order valence-electron chi connectivity index (χ0n) is 11.8. The van der Waals surface area contributed by atoms with Crippen molar-refractivity contribution in [3.8, 4) is 0 Å². The highest BCUT2D eigenvalue weighted by molar-refractivity contribution is 7.99. The molecule has 2 rings (SSSR count). The van der Waals surface area contributed by atoms with Gasteiger partial charge in [-0.3, -0.25) is 4.79 Å². The fourth-order valence-corrected chi connectivity index (χ4v) is 3.09. The Hall–Kier alpha value is -1.92. The van der Waals surface area contributed by atoms with E-state index in [2.05, 4.69) is 15.3 Å². The molecule has 1 heterocycles. The number of rotatable bonds is 7. The van der Waals surface area contributed by atoms with Crippen LogP contribution < -0.4 is 11.1 Å². The van der Waals surface area contributed by atoms with Crippen LogP contribution in [0.25, 0.3) is 0 Å². The van der Waals surface area contributed by atoms with Gasteiger partial charge in [-0.05, 0) is 25.1 Å². The van der Waals surface area contributed by atoms with Crippen molar-refractivity contribution in [3.05, 3.63) is 54.5 Å². The number of hydrogen-bond donors (Lipinski definition) is 2. The van der Waals surface area contributed by atoms with E-state index in [1.165, 1.54) is 6.33 Å². The fourth-order valence-electron chi connectivity index (χ4n) is 2.20. The number of hydrogen-bond acceptors (Lipinski definition) is 5. The first-order valence-electron chi connectivity index (χ1n) is 6.62. The summed E-state index contributed by atoms with van der Waals surface area (Å²) in [5.74, 6) is 0.342. The summed E-state index contributed by atoms with van der Waals surface area (Å²) < 4.78 is 0. The fraction of sp³-hybridized carbons (Fsp3) is 0.267. The number of carbonyl (C=O) groups excluding carboxylic acids is 1. The van der Waals surface area contributed by atoms with Crippen LogP contribution in [0.2, 0.25) is 0 Å². The highest BCUT2D eigenvalue weighted by Crippen LogP contribution is 2.28. The second kappa shape index (κ2) is 7.19.